The average molecular weight is 1370 g/mol. The third-order valence-corrected chi connectivity index (χ3v) is 16.9. The summed E-state index contributed by atoms with van der Waals surface area (Å²) in [4.78, 5) is 40.1. The molecule has 10 rings (SSSR count). The van der Waals surface area contributed by atoms with E-state index >= 15 is 0 Å². The van der Waals surface area contributed by atoms with Crippen LogP contribution in [0.1, 0.15) is 60.4 Å². The van der Waals surface area contributed by atoms with Crippen molar-refractivity contribution in [2.24, 2.45) is 0 Å². The monoisotopic (exact) mass is 1370 g/mol. The van der Waals surface area contributed by atoms with Crippen LogP contribution in [-0.2, 0) is 28.5 Å². The van der Waals surface area contributed by atoms with Crippen LogP contribution in [0.2, 0.25) is 30.1 Å². The van der Waals surface area contributed by atoms with E-state index in [1.165, 1.54) is 69.9 Å². The van der Waals surface area contributed by atoms with Crippen LogP contribution in [0, 0.1) is 37.1 Å². The topological polar surface area (TPSA) is 281 Å². The molecule has 0 saturated carbocycles. The molecule has 4 N–H and O–H groups in total. The number of benzene rings is 4. The number of likely N-dealkylation sites (N-methyl/N-ethyl adjacent to an activating group) is 2. The molecule has 0 spiro atoms. The minimum absolute atomic E-state index is 0.0421. The Morgan fingerprint density at radius 1 is 0.589 bits per heavy atom. The number of rotatable bonds is 21. The van der Waals surface area contributed by atoms with Crippen molar-refractivity contribution >= 4 is 81.4 Å². The number of nitrogens with zero attached hydrogens (tertiary/aromatic N) is 14. The SMILES string of the molecule is Cc1nc(C2OC(CO)C(O)C(n3cc(-c4cc(F)c(Cl)c(F)c4)nn3)C2OCC(=O)N(C)CCCCN(C)C(=O)COC2C(c3nc(C)nn3-c3cc(Cl)ccc3Cl)OC(CO)C(O)C2n2cc(-c3cc(F)c(Cl)c(F)c3)nn2)n(-c2cc(Cl)ccc2Cl)n1. The standard InChI is InChI=1S/C56H54Cl6F4N14O10/c1-25-67-55(79(71-25)39-17-29(57)7-9-31(39)59)53-51(47(49(85)41(21-81)89-53)77-19-37(69-73-77)27-13-33(63)45(61)34(64)14-27)87-23-43(83)75(3)11-5-6-12-76(4)44(84)24-88-52-48(78-20-38(70-74-78)28-15-35(65)46(62)36(66)16-28)50(86)42(22-82)90-54(52)56-68-26(2)72-80(56)40-18-30(58)8-10-32(40)60/h7-10,13-20,41-42,47-54,81-82,85-86H,5-6,11-12,21-24H2,1-4H3. The van der Waals surface area contributed by atoms with E-state index in [-0.39, 0.29) is 80.3 Å². The molecule has 34 heteroatoms. The van der Waals surface area contributed by atoms with Crippen LogP contribution in [0.25, 0.3) is 33.9 Å². The maximum Gasteiger partial charge on any atom is 0.248 e. The highest BCUT2D eigenvalue weighted by atomic mass is 35.5. The van der Waals surface area contributed by atoms with Gasteiger partial charge in [0, 0.05) is 48.4 Å². The van der Waals surface area contributed by atoms with Gasteiger partial charge in [-0.05, 0) is 87.4 Å². The maximum atomic E-state index is 14.7. The van der Waals surface area contributed by atoms with Crippen molar-refractivity contribution in [1.29, 1.82) is 0 Å². The van der Waals surface area contributed by atoms with Gasteiger partial charge in [0.1, 0.15) is 130 Å². The Morgan fingerprint density at radius 3 is 1.31 bits per heavy atom. The summed E-state index contributed by atoms with van der Waals surface area (Å²) in [5, 5.41) is 70.2. The second kappa shape index (κ2) is 28.2. The fourth-order valence-electron chi connectivity index (χ4n) is 10.5. The van der Waals surface area contributed by atoms with Crippen LogP contribution < -0.4 is 0 Å². The lowest BCUT2D eigenvalue weighted by Crippen LogP contribution is -2.54. The number of ether oxygens (including phenoxy) is 4. The first-order chi connectivity index (χ1) is 42.9. The zero-order chi connectivity index (χ0) is 64.6. The summed E-state index contributed by atoms with van der Waals surface area (Å²) < 4.78 is 89.2. The number of amides is 2. The third-order valence-electron chi connectivity index (χ3n) is 15.1. The van der Waals surface area contributed by atoms with E-state index in [0.717, 1.165) is 33.6 Å². The zero-order valence-electron chi connectivity index (χ0n) is 47.6. The van der Waals surface area contributed by atoms with Crippen LogP contribution in [0.3, 0.4) is 0 Å². The lowest BCUT2D eigenvalue weighted by Gasteiger charge is -2.43. The van der Waals surface area contributed by atoms with Gasteiger partial charge in [0.05, 0.1) is 47.0 Å². The van der Waals surface area contributed by atoms with E-state index < -0.39 is 132 Å². The van der Waals surface area contributed by atoms with Crippen molar-refractivity contribution in [3.63, 3.8) is 0 Å². The van der Waals surface area contributed by atoms with Gasteiger partial charge in [-0.1, -0.05) is 80.0 Å². The summed E-state index contributed by atoms with van der Waals surface area (Å²) in [5.74, 6) is -4.79. The van der Waals surface area contributed by atoms with Crippen LogP contribution >= 0.6 is 69.6 Å². The number of carbonyl (C=O) groups excluding carboxylic acids is 2. The molecule has 2 amide bonds. The molecule has 90 heavy (non-hydrogen) atoms. The first kappa shape index (κ1) is 66.4. The highest BCUT2D eigenvalue weighted by Gasteiger charge is 2.52. The second-order valence-electron chi connectivity index (χ2n) is 21.1. The quantitative estimate of drug-likeness (QED) is 0.0305. The zero-order valence-corrected chi connectivity index (χ0v) is 52.2. The normalized spacial score (nSPS) is 21.9. The molecule has 6 heterocycles. The molecule has 2 fully saturated rings. The lowest BCUT2D eigenvalue weighted by atomic mass is 9.91. The molecule has 8 aromatic rings. The Morgan fingerprint density at radius 2 is 0.956 bits per heavy atom. The minimum atomic E-state index is -1.62. The molecule has 2 aliphatic heterocycles. The summed E-state index contributed by atoms with van der Waals surface area (Å²) >= 11 is 37.6. The number of hydrogen-bond acceptors (Lipinski definition) is 18. The number of aliphatic hydroxyl groups excluding tert-OH is 4. The summed E-state index contributed by atoms with van der Waals surface area (Å²) in [6, 6.07) is 10.4. The molecule has 2 saturated heterocycles. The third kappa shape index (κ3) is 14.0. The molecule has 4 aromatic carbocycles. The van der Waals surface area contributed by atoms with Gasteiger partial charge >= 0.3 is 0 Å². The Labute approximate surface area is 539 Å². The number of unbranched alkanes of at least 4 members (excludes halogenated alkanes) is 1. The predicted octanol–water partition coefficient (Wildman–Crippen LogP) is 7.70. The number of aliphatic hydroxyl groups is 4. The van der Waals surface area contributed by atoms with Gasteiger partial charge in [-0.15, -0.1) is 10.2 Å². The van der Waals surface area contributed by atoms with Gasteiger partial charge in [-0.3, -0.25) is 9.59 Å². The number of aromatic nitrogens is 12. The Balaban J connectivity index is 0.848. The average Bonchev–Trinajstić information content (AvgIpc) is 1.46. The van der Waals surface area contributed by atoms with E-state index in [2.05, 4.69) is 40.8 Å². The van der Waals surface area contributed by atoms with Crippen molar-refractivity contribution in [2.45, 2.75) is 87.6 Å². The summed E-state index contributed by atoms with van der Waals surface area (Å²) in [6.45, 7) is 0.726. The van der Waals surface area contributed by atoms with Gasteiger partial charge in [-0.2, -0.15) is 10.2 Å². The van der Waals surface area contributed by atoms with Gasteiger partial charge in [0.2, 0.25) is 11.8 Å². The fraction of sp³-hybridized carbons (Fsp3) is 0.393. The molecule has 10 unspecified atom stereocenters. The summed E-state index contributed by atoms with van der Waals surface area (Å²) in [5.41, 5.74) is 0.358. The summed E-state index contributed by atoms with van der Waals surface area (Å²) in [6.07, 6.45) is -8.15. The first-order valence-corrected chi connectivity index (χ1v) is 29.7. The van der Waals surface area contributed by atoms with E-state index in [4.69, 9.17) is 88.6 Å². The minimum Gasteiger partial charge on any atom is -0.394 e. The van der Waals surface area contributed by atoms with Crippen LogP contribution in [0.4, 0.5) is 17.6 Å². The van der Waals surface area contributed by atoms with Crippen molar-refractivity contribution in [1.82, 2.24) is 69.3 Å². The molecule has 10 atom stereocenters. The number of halogens is 10. The Kier molecular flexibility index (Phi) is 20.8. The molecular formula is C56H54Cl6F4N14O10. The number of hydrogen-bond donors (Lipinski definition) is 4. The van der Waals surface area contributed by atoms with Crippen molar-refractivity contribution < 1.29 is 66.5 Å². The van der Waals surface area contributed by atoms with Crippen molar-refractivity contribution in [2.75, 3.05) is 53.6 Å². The van der Waals surface area contributed by atoms with Gasteiger partial charge in [0.15, 0.2) is 11.6 Å². The van der Waals surface area contributed by atoms with Gasteiger partial charge in [-0.25, -0.2) is 46.3 Å². The molecule has 0 radical (unpaired) electrons. The number of aryl methyl sites for hydroxylation is 2. The first-order valence-electron chi connectivity index (χ1n) is 27.5. The Bertz CT molecular complexity index is 3650. The van der Waals surface area contributed by atoms with Crippen molar-refractivity contribution in [3.05, 3.63) is 150 Å². The molecular weight excluding hydrogens is 1320 g/mol. The smallest absolute Gasteiger partial charge is 0.248 e. The highest BCUT2D eigenvalue weighted by Crippen LogP contribution is 2.44. The fourth-order valence-corrected chi connectivity index (χ4v) is 11.4. The van der Waals surface area contributed by atoms with E-state index in [0.29, 0.717) is 22.9 Å². The molecule has 0 bridgehead atoms. The van der Waals surface area contributed by atoms with Crippen LogP contribution in [0.15, 0.2) is 73.1 Å². The molecule has 478 valence electrons. The number of carbonyl (C=O) groups is 2. The molecule has 0 aliphatic carbocycles. The maximum absolute atomic E-state index is 14.7. The second-order valence-corrected chi connectivity index (χ2v) is 23.6. The van der Waals surface area contributed by atoms with Crippen molar-refractivity contribution in [3.8, 4) is 33.9 Å². The predicted molar refractivity (Wildman–Crippen MR) is 316 cm³/mol. The molecule has 4 aromatic heterocycles. The molecule has 24 nitrogen and oxygen atoms in total. The van der Waals surface area contributed by atoms with E-state index in [9.17, 15) is 47.6 Å². The van der Waals surface area contributed by atoms with Gasteiger partial charge < -0.3 is 49.2 Å². The van der Waals surface area contributed by atoms with Crippen LogP contribution in [-0.4, -0.2) is 192 Å². The van der Waals surface area contributed by atoms with E-state index in [1.807, 2.05) is 0 Å². The van der Waals surface area contributed by atoms with E-state index in [1.54, 1.807) is 26.0 Å². The molecule has 2 aliphatic rings. The Hall–Kier alpha value is -6.48. The summed E-state index contributed by atoms with van der Waals surface area (Å²) in [7, 11) is 3.04. The largest absolute Gasteiger partial charge is 0.394 e. The van der Waals surface area contributed by atoms with Gasteiger partial charge in [0.25, 0.3) is 0 Å². The highest BCUT2D eigenvalue weighted by molar-refractivity contribution is 6.35. The van der Waals surface area contributed by atoms with Crippen LogP contribution in [0.5, 0.6) is 0 Å². The lowest BCUT2D eigenvalue weighted by molar-refractivity contribution is -0.224.